The fourth-order valence-electron chi connectivity index (χ4n) is 4.12. The lowest BCUT2D eigenvalue weighted by molar-refractivity contribution is -0.140. The molecular weight excluding hydrogens is 394 g/mol. The number of benzene rings is 1. The number of carbonyl (C=O) groups excluding carboxylic acids is 2. The van der Waals surface area contributed by atoms with Gasteiger partial charge >= 0.3 is 0 Å². The normalized spacial score (nSPS) is 18.2. The molecule has 7 heteroatoms. The van der Waals surface area contributed by atoms with Crippen LogP contribution in [0.5, 0.6) is 0 Å². The van der Waals surface area contributed by atoms with Crippen LogP contribution in [-0.4, -0.2) is 31.1 Å². The topological polar surface area (TPSA) is 88.0 Å². The molecule has 1 fully saturated rings. The smallest absolute Gasteiger partial charge is 0.296 e. The Balaban J connectivity index is 1.72. The summed E-state index contributed by atoms with van der Waals surface area (Å²) in [7, 11) is 0. The van der Waals surface area contributed by atoms with Crippen LogP contribution in [0.2, 0.25) is 0 Å². The second kappa shape index (κ2) is 7.28. The van der Waals surface area contributed by atoms with Crippen molar-refractivity contribution in [2.45, 2.75) is 19.5 Å². The van der Waals surface area contributed by atoms with E-state index in [0.717, 1.165) is 5.56 Å². The van der Waals surface area contributed by atoms with Gasteiger partial charge in [0.25, 0.3) is 11.7 Å². The summed E-state index contributed by atoms with van der Waals surface area (Å²) in [5.74, 6) is -1.11. The third kappa shape index (κ3) is 3.02. The lowest BCUT2D eigenvalue weighted by atomic mass is 9.96. The van der Waals surface area contributed by atoms with Crippen LogP contribution in [0.25, 0.3) is 11.4 Å². The Hall–Kier alpha value is -4.13. The highest BCUT2D eigenvalue weighted by Crippen LogP contribution is 2.40. The zero-order valence-corrected chi connectivity index (χ0v) is 16.7. The van der Waals surface area contributed by atoms with Crippen molar-refractivity contribution < 1.29 is 19.1 Å². The van der Waals surface area contributed by atoms with Gasteiger partial charge in [0.05, 0.1) is 30.1 Å². The molecule has 5 rings (SSSR count). The highest BCUT2D eigenvalue weighted by Gasteiger charge is 2.46. The van der Waals surface area contributed by atoms with Gasteiger partial charge in [-0.05, 0) is 36.8 Å². The van der Waals surface area contributed by atoms with Crippen molar-refractivity contribution in [1.29, 1.82) is 0 Å². The number of furan rings is 1. The van der Waals surface area contributed by atoms with E-state index in [1.54, 1.807) is 29.7 Å². The average Bonchev–Trinajstić information content (AvgIpc) is 3.47. The highest BCUT2D eigenvalue weighted by molar-refractivity contribution is 6.46. The minimum absolute atomic E-state index is 0.0384. The van der Waals surface area contributed by atoms with Gasteiger partial charge in [0.2, 0.25) is 0 Å². The van der Waals surface area contributed by atoms with Crippen LogP contribution < -0.4 is 0 Å². The van der Waals surface area contributed by atoms with E-state index < -0.39 is 17.7 Å². The van der Waals surface area contributed by atoms with E-state index in [2.05, 4.69) is 4.98 Å². The first-order valence-electron chi connectivity index (χ1n) is 9.86. The predicted molar refractivity (Wildman–Crippen MR) is 113 cm³/mol. The van der Waals surface area contributed by atoms with Crippen molar-refractivity contribution in [1.82, 2.24) is 14.3 Å². The van der Waals surface area contributed by atoms with Crippen LogP contribution in [0.1, 0.15) is 28.8 Å². The van der Waals surface area contributed by atoms with E-state index in [9.17, 15) is 14.7 Å². The number of pyridine rings is 1. The first kappa shape index (κ1) is 18.9. The van der Waals surface area contributed by atoms with Gasteiger partial charge in [0, 0.05) is 6.20 Å². The molecule has 0 bridgehead atoms. The molecule has 1 aliphatic heterocycles. The molecule has 3 aromatic heterocycles. The summed E-state index contributed by atoms with van der Waals surface area (Å²) in [4.78, 5) is 32.1. The molecule has 1 unspecified atom stereocenters. The second-order valence-corrected chi connectivity index (χ2v) is 7.39. The lowest BCUT2D eigenvalue weighted by Gasteiger charge is -2.24. The van der Waals surface area contributed by atoms with Crippen molar-refractivity contribution in [3.05, 3.63) is 101 Å². The Morgan fingerprint density at radius 3 is 2.58 bits per heavy atom. The molecule has 31 heavy (non-hydrogen) atoms. The number of fused-ring (bicyclic) bond motifs is 1. The number of aliphatic hydroxyl groups is 1. The summed E-state index contributed by atoms with van der Waals surface area (Å²) < 4.78 is 7.13. The van der Waals surface area contributed by atoms with Crippen LogP contribution in [0, 0.1) is 6.92 Å². The maximum atomic E-state index is 13.1. The van der Waals surface area contributed by atoms with E-state index in [-0.39, 0.29) is 17.9 Å². The van der Waals surface area contributed by atoms with Gasteiger partial charge in [-0.25, -0.2) is 4.98 Å². The molecular formula is C24H19N3O4. The fourth-order valence-corrected chi connectivity index (χ4v) is 4.12. The largest absolute Gasteiger partial charge is 0.505 e. The molecule has 1 N–H and O–H groups in total. The average molecular weight is 413 g/mol. The molecule has 1 saturated heterocycles. The molecule has 4 heterocycles. The number of Topliss-reactive ketones (excluding diaryl/α,β-unsaturated/α-hetero) is 1. The number of aryl methyl sites for hydroxylation is 1. The number of amides is 1. The van der Waals surface area contributed by atoms with Crippen LogP contribution in [0.4, 0.5) is 0 Å². The third-order valence-electron chi connectivity index (χ3n) is 5.49. The van der Waals surface area contributed by atoms with E-state index >= 15 is 0 Å². The summed E-state index contributed by atoms with van der Waals surface area (Å²) in [6.45, 7) is 1.87. The Morgan fingerprint density at radius 1 is 1.06 bits per heavy atom. The van der Waals surface area contributed by atoms with Crippen LogP contribution in [-0.2, 0) is 16.1 Å². The van der Waals surface area contributed by atoms with Crippen molar-refractivity contribution in [3.63, 3.8) is 0 Å². The van der Waals surface area contributed by atoms with Crippen molar-refractivity contribution in [2.75, 3.05) is 0 Å². The summed E-state index contributed by atoms with van der Waals surface area (Å²) in [5.41, 5.74) is 2.36. The molecule has 4 aromatic rings. The van der Waals surface area contributed by atoms with Gasteiger partial charge in [-0.15, -0.1) is 0 Å². The zero-order valence-electron chi connectivity index (χ0n) is 16.7. The summed E-state index contributed by atoms with van der Waals surface area (Å²) in [6.07, 6.45) is 3.28. The minimum atomic E-state index is -0.750. The fraction of sp³-hybridized carbons (Fsp3) is 0.125. The Kier molecular flexibility index (Phi) is 4.43. The van der Waals surface area contributed by atoms with Crippen molar-refractivity contribution >= 4 is 23.1 Å². The maximum Gasteiger partial charge on any atom is 0.296 e. The maximum absolute atomic E-state index is 13.1. The van der Waals surface area contributed by atoms with Crippen molar-refractivity contribution in [2.24, 2.45) is 0 Å². The number of aromatic nitrogens is 2. The second-order valence-electron chi connectivity index (χ2n) is 7.39. The van der Waals surface area contributed by atoms with Gasteiger partial charge in [0.1, 0.15) is 17.1 Å². The van der Waals surface area contributed by atoms with Gasteiger partial charge in [-0.1, -0.05) is 36.4 Å². The SMILES string of the molecule is Cc1nc2ccccn2c1C(O)=C1C(=O)C(=O)N(Cc2ccco2)C1c1ccccc1. The number of rotatable bonds is 4. The lowest BCUT2D eigenvalue weighted by Crippen LogP contribution is -2.29. The standard InChI is InChI=1S/C24H19N3O4/c1-15-20(26-12-6-5-11-18(26)25-15)22(28)19-21(16-8-3-2-4-9-16)27(24(30)23(19)29)14-17-10-7-13-31-17/h2-13,21,28H,14H2,1H3. The predicted octanol–water partition coefficient (Wildman–Crippen LogP) is 3.86. The monoisotopic (exact) mass is 413 g/mol. The van der Waals surface area contributed by atoms with E-state index in [4.69, 9.17) is 4.42 Å². The number of aliphatic hydroxyl groups excluding tert-OH is 1. The Morgan fingerprint density at radius 2 is 1.84 bits per heavy atom. The summed E-state index contributed by atoms with van der Waals surface area (Å²) in [6, 6.07) is 17.4. The molecule has 1 atom stereocenters. The first-order chi connectivity index (χ1) is 15.1. The molecule has 0 saturated carbocycles. The Bertz CT molecular complexity index is 1320. The molecule has 0 aliphatic carbocycles. The summed E-state index contributed by atoms with van der Waals surface area (Å²) in [5, 5.41) is 11.3. The van der Waals surface area contributed by atoms with Gasteiger partial charge in [0.15, 0.2) is 5.76 Å². The zero-order chi connectivity index (χ0) is 21.5. The molecule has 1 aliphatic rings. The quantitative estimate of drug-likeness (QED) is 0.312. The molecule has 0 spiro atoms. The van der Waals surface area contributed by atoms with Crippen LogP contribution >= 0.6 is 0 Å². The van der Waals surface area contributed by atoms with Gasteiger partial charge in [-0.3, -0.25) is 14.0 Å². The number of hydrogen-bond donors (Lipinski definition) is 1. The number of likely N-dealkylation sites (tertiary alicyclic amines) is 1. The number of carbonyl (C=O) groups is 2. The van der Waals surface area contributed by atoms with E-state index in [1.165, 1.54) is 11.2 Å². The molecule has 7 nitrogen and oxygen atoms in total. The number of ketones is 1. The molecule has 154 valence electrons. The molecule has 1 amide bonds. The van der Waals surface area contributed by atoms with E-state index in [1.807, 2.05) is 48.5 Å². The summed E-state index contributed by atoms with van der Waals surface area (Å²) >= 11 is 0. The molecule has 0 radical (unpaired) electrons. The highest BCUT2D eigenvalue weighted by atomic mass is 16.3. The number of imidazole rings is 1. The number of hydrogen-bond acceptors (Lipinski definition) is 5. The Labute approximate surface area is 177 Å². The van der Waals surface area contributed by atoms with Gasteiger partial charge in [-0.2, -0.15) is 0 Å². The minimum Gasteiger partial charge on any atom is -0.505 e. The van der Waals surface area contributed by atoms with E-state index in [0.29, 0.717) is 22.8 Å². The van der Waals surface area contributed by atoms with Crippen LogP contribution in [0.3, 0.4) is 0 Å². The molecule has 1 aromatic carbocycles. The third-order valence-corrected chi connectivity index (χ3v) is 5.49. The van der Waals surface area contributed by atoms with Gasteiger partial charge < -0.3 is 14.4 Å². The first-order valence-corrected chi connectivity index (χ1v) is 9.86. The number of nitrogens with zero attached hydrogens (tertiary/aromatic N) is 3. The van der Waals surface area contributed by atoms with Crippen molar-refractivity contribution in [3.8, 4) is 0 Å². The van der Waals surface area contributed by atoms with Crippen LogP contribution in [0.15, 0.2) is 83.1 Å².